The topological polar surface area (TPSA) is 132 Å². The van der Waals surface area contributed by atoms with Crippen molar-refractivity contribution in [2.24, 2.45) is 22.9 Å². The first-order valence-corrected chi connectivity index (χ1v) is 18.5. The van der Waals surface area contributed by atoms with Gasteiger partial charge in [0, 0.05) is 43.9 Å². The number of rotatable bonds is 18. The number of carbonyl (C=O) groups is 1. The Labute approximate surface area is 306 Å². The normalized spacial score (nSPS) is 25.6. The molecule has 0 saturated heterocycles. The molecule has 278 valence electrons. The van der Waals surface area contributed by atoms with Crippen molar-refractivity contribution >= 4 is 23.4 Å². The van der Waals surface area contributed by atoms with E-state index in [4.69, 9.17) is 35.4 Å². The van der Waals surface area contributed by atoms with Gasteiger partial charge in [-0.1, -0.05) is 36.2 Å². The molecule has 51 heavy (non-hydrogen) atoms. The summed E-state index contributed by atoms with van der Waals surface area (Å²) in [5.41, 5.74) is 4.39. The molecule has 0 spiro atoms. The van der Waals surface area contributed by atoms with Crippen molar-refractivity contribution in [1.82, 2.24) is 9.88 Å². The molecule has 5 rings (SSSR count). The Bertz CT molecular complexity index is 1550. The van der Waals surface area contributed by atoms with E-state index in [1.165, 1.54) is 12.0 Å². The van der Waals surface area contributed by atoms with Crippen LogP contribution in [0.25, 0.3) is 0 Å². The highest BCUT2D eigenvalue weighted by Crippen LogP contribution is 2.61. The lowest BCUT2D eigenvalue weighted by Crippen LogP contribution is -2.69. The molecule has 0 bridgehead atoms. The van der Waals surface area contributed by atoms with Crippen LogP contribution in [-0.4, -0.2) is 90.2 Å². The number of halogens is 1. The van der Waals surface area contributed by atoms with Crippen LogP contribution < -0.4 is 9.47 Å². The average molecular weight is 726 g/mol. The van der Waals surface area contributed by atoms with Crippen molar-refractivity contribution in [2.75, 3.05) is 46.5 Å². The molecule has 1 amide bonds. The SMILES string of the molecule is C=CCO[C@@]12Oc3ccc(OCc4cccc(C)n4)cc3[C@H]3[C@H](CCCCO)[C@@H](CCCCO)C=C(C(=NOC)C[C@@H]1N(C)C(=O)OCCCl)[C@H]32. The van der Waals surface area contributed by atoms with E-state index < -0.39 is 23.8 Å². The largest absolute Gasteiger partial charge is 0.487 e. The van der Waals surface area contributed by atoms with E-state index in [1.807, 2.05) is 37.3 Å². The zero-order chi connectivity index (χ0) is 36.4. The number of pyridine rings is 1. The van der Waals surface area contributed by atoms with E-state index in [9.17, 15) is 15.0 Å². The first-order chi connectivity index (χ1) is 24.8. The number of hydrogen-bond acceptors (Lipinski definition) is 10. The quantitative estimate of drug-likeness (QED) is 0.0761. The molecule has 12 heteroatoms. The number of fused-ring (bicyclic) bond motifs is 2. The summed E-state index contributed by atoms with van der Waals surface area (Å²) in [6.07, 6.45) is 8.45. The van der Waals surface area contributed by atoms with E-state index in [2.05, 4.69) is 28.9 Å². The summed E-state index contributed by atoms with van der Waals surface area (Å²) in [5.74, 6) is -0.206. The van der Waals surface area contributed by atoms with Crippen molar-refractivity contribution in [3.63, 3.8) is 0 Å². The van der Waals surface area contributed by atoms with Crippen LogP contribution in [0.5, 0.6) is 11.5 Å². The molecular weight excluding hydrogens is 674 g/mol. The number of ether oxygens (including phenoxy) is 4. The highest BCUT2D eigenvalue weighted by atomic mass is 35.5. The van der Waals surface area contributed by atoms with Gasteiger partial charge in [0.2, 0.25) is 5.79 Å². The minimum atomic E-state index is -1.35. The summed E-state index contributed by atoms with van der Waals surface area (Å²) >= 11 is 5.89. The van der Waals surface area contributed by atoms with Gasteiger partial charge < -0.3 is 38.9 Å². The lowest BCUT2D eigenvalue weighted by molar-refractivity contribution is -0.253. The fourth-order valence-electron chi connectivity index (χ4n) is 8.12. The van der Waals surface area contributed by atoms with E-state index in [-0.39, 0.29) is 56.5 Å². The number of alkyl halides is 1. The molecule has 2 N–H and O–H groups in total. The standard InChI is InChI=1S/C39H52ClN3O8/c1-5-20-50-39-35(43(3)38(46)48-21-17-40)24-33(42-47-4)31-22-27(12-6-8-18-44)30(14-7-9-19-45)36(37(31)39)32-23-29(15-16-34(32)51-39)49-25-28-13-10-11-26(2)41-28/h5,10-11,13,15-16,22-23,27,30,35-37,44-45H,1,6-9,12,14,17-21,24-25H2,2-4H3/t27-,30+,35-,36+,37+,39+/m0/s1. The van der Waals surface area contributed by atoms with Crippen LogP contribution in [0, 0.1) is 24.7 Å². The number of aliphatic hydroxyl groups is 2. The number of aryl methyl sites for hydroxylation is 1. The van der Waals surface area contributed by atoms with Crippen LogP contribution >= 0.6 is 11.6 Å². The van der Waals surface area contributed by atoms with Crippen LogP contribution in [0.2, 0.25) is 0 Å². The number of benzene rings is 1. The van der Waals surface area contributed by atoms with Gasteiger partial charge >= 0.3 is 6.09 Å². The highest BCUT2D eigenvalue weighted by molar-refractivity contribution is 6.18. The number of oxime groups is 1. The maximum atomic E-state index is 13.5. The van der Waals surface area contributed by atoms with Crippen molar-refractivity contribution < 1.29 is 38.8 Å². The van der Waals surface area contributed by atoms with Crippen molar-refractivity contribution in [3.05, 3.63) is 77.7 Å². The van der Waals surface area contributed by atoms with Crippen LogP contribution in [0.15, 0.2) is 65.9 Å². The summed E-state index contributed by atoms with van der Waals surface area (Å²) in [7, 11) is 3.20. The van der Waals surface area contributed by atoms with Crippen LogP contribution in [0.1, 0.15) is 67.8 Å². The third-order valence-electron chi connectivity index (χ3n) is 10.2. The predicted molar refractivity (Wildman–Crippen MR) is 195 cm³/mol. The Morgan fingerprint density at radius 3 is 2.67 bits per heavy atom. The summed E-state index contributed by atoms with van der Waals surface area (Å²) in [5, 5.41) is 24.0. The molecule has 2 aromatic rings. The molecule has 2 aliphatic carbocycles. The molecule has 1 fully saturated rings. The zero-order valence-corrected chi connectivity index (χ0v) is 30.7. The molecule has 0 radical (unpaired) electrons. The van der Waals surface area contributed by atoms with Gasteiger partial charge in [-0.15, -0.1) is 18.2 Å². The summed E-state index contributed by atoms with van der Waals surface area (Å²) in [6, 6.07) is 11.1. The van der Waals surface area contributed by atoms with Crippen LogP contribution in [0.3, 0.4) is 0 Å². The number of likely N-dealkylation sites (N-methyl/N-ethyl adjacent to an activating group) is 1. The number of aromatic nitrogens is 1. The van der Waals surface area contributed by atoms with E-state index in [0.29, 0.717) is 36.7 Å². The van der Waals surface area contributed by atoms with Crippen molar-refractivity contribution in [1.29, 1.82) is 0 Å². The first kappa shape index (κ1) is 38.6. The Hall–Kier alpha value is -3.64. The zero-order valence-electron chi connectivity index (χ0n) is 30.0. The fraction of sp³-hybridized carbons (Fsp3) is 0.564. The highest BCUT2D eigenvalue weighted by Gasteiger charge is 2.65. The van der Waals surface area contributed by atoms with Gasteiger partial charge in [-0.25, -0.2) is 4.79 Å². The average Bonchev–Trinajstić information content (AvgIpc) is 3.13. The lowest BCUT2D eigenvalue weighted by Gasteiger charge is -2.59. The van der Waals surface area contributed by atoms with E-state index in [1.54, 1.807) is 13.1 Å². The molecular formula is C39H52ClN3O8. The smallest absolute Gasteiger partial charge is 0.410 e. The third kappa shape index (κ3) is 8.54. The molecule has 1 aromatic carbocycles. The first-order valence-electron chi connectivity index (χ1n) is 17.9. The Morgan fingerprint density at radius 1 is 1.18 bits per heavy atom. The second kappa shape index (κ2) is 18.2. The second-order valence-corrected chi connectivity index (χ2v) is 13.8. The van der Waals surface area contributed by atoms with Gasteiger partial charge in [-0.3, -0.25) is 4.98 Å². The summed E-state index contributed by atoms with van der Waals surface area (Å²) < 4.78 is 25.8. The third-order valence-corrected chi connectivity index (χ3v) is 10.4. The molecule has 1 saturated carbocycles. The van der Waals surface area contributed by atoms with Gasteiger partial charge in [0.25, 0.3) is 0 Å². The van der Waals surface area contributed by atoms with Gasteiger partial charge in [0.15, 0.2) is 0 Å². The van der Waals surface area contributed by atoms with Crippen LogP contribution in [0.4, 0.5) is 4.79 Å². The Kier molecular flexibility index (Phi) is 13.8. The maximum absolute atomic E-state index is 13.5. The molecule has 1 aliphatic heterocycles. The monoisotopic (exact) mass is 725 g/mol. The summed E-state index contributed by atoms with van der Waals surface area (Å²) in [4.78, 5) is 25.1. The van der Waals surface area contributed by atoms with Gasteiger partial charge in [0.05, 0.1) is 29.8 Å². The molecule has 3 aliphatic rings. The number of hydrogen-bond donors (Lipinski definition) is 2. The molecule has 2 heterocycles. The summed E-state index contributed by atoms with van der Waals surface area (Å²) in [6.45, 7) is 6.66. The van der Waals surface area contributed by atoms with E-state index in [0.717, 1.165) is 48.2 Å². The number of carbonyl (C=O) groups excluding carboxylic acids is 1. The second-order valence-electron chi connectivity index (χ2n) is 13.4. The van der Waals surface area contributed by atoms with Crippen LogP contribution in [-0.2, 0) is 20.9 Å². The van der Waals surface area contributed by atoms with Gasteiger partial charge in [-0.2, -0.15) is 0 Å². The minimum absolute atomic E-state index is 0.0567. The van der Waals surface area contributed by atoms with E-state index >= 15 is 0 Å². The molecule has 11 nitrogen and oxygen atoms in total. The Morgan fingerprint density at radius 2 is 1.96 bits per heavy atom. The fourth-order valence-corrected chi connectivity index (χ4v) is 8.20. The molecule has 1 aromatic heterocycles. The predicted octanol–water partition coefficient (Wildman–Crippen LogP) is 6.54. The van der Waals surface area contributed by atoms with Crippen molar-refractivity contribution in [2.45, 2.75) is 76.2 Å². The number of nitrogens with zero attached hydrogens (tertiary/aromatic N) is 3. The van der Waals surface area contributed by atoms with Gasteiger partial charge in [-0.05, 0) is 80.3 Å². The molecule has 0 unspecified atom stereocenters. The lowest BCUT2D eigenvalue weighted by atomic mass is 9.55. The maximum Gasteiger partial charge on any atom is 0.410 e. The van der Waals surface area contributed by atoms with Crippen molar-refractivity contribution in [3.8, 4) is 11.5 Å². The number of unbranched alkanes of at least 4 members (excludes halogenated alkanes) is 2. The molecule has 6 atom stereocenters. The number of amides is 1. The Balaban J connectivity index is 1.69. The minimum Gasteiger partial charge on any atom is -0.487 e. The number of allylic oxidation sites excluding steroid dienone is 1. The van der Waals surface area contributed by atoms with Gasteiger partial charge in [0.1, 0.15) is 37.9 Å². The number of aliphatic hydroxyl groups excluding tert-OH is 2.